The maximum Gasteiger partial charge on any atom is 0.337 e. The van der Waals surface area contributed by atoms with Gasteiger partial charge in [-0.2, -0.15) is 0 Å². The van der Waals surface area contributed by atoms with E-state index < -0.39 is 79.1 Å². The van der Waals surface area contributed by atoms with E-state index in [0.29, 0.717) is 6.42 Å². The number of fused-ring (bicyclic) bond motifs is 1. The monoisotopic (exact) mass is 554 g/mol. The van der Waals surface area contributed by atoms with Crippen LogP contribution < -0.4 is 0 Å². The molecule has 1 aromatic carbocycles. The molecule has 13 heteroatoms. The minimum atomic E-state index is -1.73. The molecule has 2 fully saturated rings. The number of esters is 2. The molecule has 1 saturated carbocycles. The number of hydrogen-bond donors (Lipinski definition) is 6. The highest BCUT2D eigenvalue weighted by Gasteiger charge is 2.61. The number of ether oxygens (including phenoxy) is 5. The molecule has 2 aliphatic heterocycles. The molecule has 0 amide bonds. The summed E-state index contributed by atoms with van der Waals surface area (Å²) in [5, 5.41) is 60.8. The Balaban J connectivity index is 1.53. The molecule has 0 unspecified atom stereocenters. The zero-order chi connectivity index (χ0) is 28.5. The SMILES string of the molecule is COC(=O)C1=CO[C@H](O[C@H]2O[C@H](CO)[C@@H](O)[C@H](O)[C@H]2O)[C@H]2[C@H]1[C@H](OC(=O)CCc1ccc(O)cc1)C[C@@]2(C)O. The fourth-order valence-corrected chi connectivity index (χ4v) is 5.43. The lowest BCUT2D eigenvalue weighted by molar-refractivity contribution is -0.346. The molecular formula is C26H34O13. The second-order valence-electron chi connectivity index (χ2n) is 10.2. The number of hydrogen-bond acceptors (Lipinski definition) is 13. The van der Waals surface area contributed by atoms with Crippen LogP contribution in [0.5, 0.6) is 5.75 Å². The first-order valence-corrected chi connectivity index (χ1v) is 12.6. The number of aliphatic hydroxyl groups excluding tert-OH is 4. The molecule has 0 aromatic heterocycles. The van der Waals surface area contributed by atoms with E-state index in [-0.39, 0.29) is 24.2 Å². The second kappa shape index (κ2) is 11.8. The second-order valence-corrected chi connectivity index (χ2v) is 10.2. The fraction of sp³-hybridized carbons (Fsp3) is 0.615. The summed E-state index contributed by atoms with van der Waals surface area (Å²) >= 11 is 0. The normalized spacial score (nSPS) is 37.8. The summed E-state index contributed by atoms with van der Waals surface area (Å²) in [4.78, 5) is 25.4. The molecule has 1 saturated heterocycles. The predicted octanol–water partition coefficient (Wildman–Crippen LogP) is -1.15. The number of carbonyl (C=O) groups excluding carboxylic acids is 2. The number of carbonyl (C=O) groups is 2. The molecule has 0 spiro atoms. The van der Waals surface area contributed by atoms with E-state index in [0.717, 1.165) is 11.8 Å². The van der Waals surface area contributed by atoms with Crippen LogP contribution in [0.2, 0.25) is 0 Å². The number of benzene rings is 1. The van der Waals surface area contributed by atoms with Gasteiger partial charge in [-0.25, -0.2) is 4.79 Å². The van der Waals surface area contributed by atoms with Gasteiger partial charge in [0.25, 0.3) is 0 Å². The Kier molecular flexibility index (Phi) is 8.81. The number of aliphatic hydroxyl groups is 5. The molecule has 1 aliphatic carbocycles. The minimum Gasteiger partial charge on any atom is -0.508 e. The Morgan fingerprint density at radius 3 is 2.41 bits per heavy atom. The fourth-order valence-electron chi connectivity index (χ4n) is 5.43. The van der Waals surface area contributed by atoms with Crippen molar-refractivity contribution in [3.05, 3.63) is 41.7 Å². The van der Waals surface area contributed by atoms with Gasteiger partial charge >= 0.3 is 11.9 Å². The Hall–Kier alpha value is -2.78. The Morgan fingerprint density at radius 1 is 1.08 bits per heavy atom. The van der Waals surface area contributed by atoms with E-state index in [9.17, 15) is 40.2 Å². The summed E-state index contributed by atoms with van der Waals surface area (Å²) in [6.07, 6.45) is -8.82. The first-order chi connectivity index (χ1) is 18.5. The molecule has 4 rings (SSSR count). The molecule has 0 radical (unpaired) electrons. The standard InChI is InChI=1S/C26H34O13/c1-26(34)9-15(37-17(29)8-5-12-3-6-13(28)7-4-12)18-14(23(33)35-2)11-36-24(19(18)26)39-25-22(32)21(31)20(30)16(10-27)38-25/h3-4,6-7,11,15-16,18-22,24-25,27-28,30-32,34H,5,8-10H2,1-2H3/t15-,16-,18-,19-,20-,21+,22-,24-,25-,26-/m1/s1. The van der Waals surface area contributed by atoms with E-state index in [1.54, 1.807) is 12.1 Å². The van der Waals surface area contributed by atoms with Crippen molar-refractivity contribution >= 4 is 11.9 Å². The zero-order valence-electron chi connectivity index (χ0n) is 21.5. The molecular weight excluding hydrogens is 520 g/mol. The third-order valence-corrected chi connectivity index (χ3v) is 7.48. The van der Waals surface area contributed by atoms with Crippen LogP contribution in [-0.4, -0.2) is 105 Å². The van der Waals surface area contributed by atoms with E-state index in [4.69, 9.17) is 23.7 Å². The summed E-state index contributed by atoms with van der Waals surface area (Å²) in [6, 6.07) is 6.36. The number of phenolic OH excluding ortho intramolecular Hbond substituents is 1. The van der Waals surface area contributed by atoms with Crippen molar-refractivity contribution in [2.75, 3.05) is 13.7 Å². The van der Waals surface area contributed by atoms with Gasteiger partial charge in [-0.05, 0) is 31.0 Å². The van der Waals surface area contributed by atoms with Crippen LogP contribution in [0.1, 0.15) is 25.3 Å². The maximum absolute atomic E-state index is 12.8. The number of aromatic hydroxyl groups is 1. The van der Waals surface area contributed by atoms with E-state index in [1.807, 2.05) is 0 Å². The van der Waals surface area contributed by atoms with Gasteiger partial charge in [0.05, 0.1) is 37.1 Å². The maximum atomic E-state index is 12.8. The molecule has 13 nitrogen and oxygen atoms in total. The summed E-state index contributed by atoms with van der Waals surface area (Å²) in [5.74, 6) is -3.18. The van der Waals surface area contributed by atoms with Crippen molar-refractivity contribution in [2.45, 2.75) is 74.9 Å². The van der Waals surface area contributed by atoms with Gasteiger partial charge in [0.1, 0.15) is 36.3 Å². The van der Waals surface area contributed by atoms with Crippen LogP contribution in [0.15, 0.2) is 36.1 Å². The van der Waals surface area contributed by atoms with Crippen molar-refractivity contribution in [3.63, 3.8) is 0 Å². The summed E-state index contributed by atoms with van der Waals surface area (Å²) < 4.78 is 27.4. The van der Waals surface area contributed by atoms with Gasteiger partial charge in [-0.1, -0.05) is 12.1 Å². The summed E-state index contributed by atoms with van der Waals surface area (Å²) in [7, 11) is 1.17. The van der Waals surface area contributed by atoms with Crippen molar-refractivity contribution in [1.29, 1.82) is 0 Å². The quantitative estimate of drug-likeness (QED) is 0.211. The topological polar surface area (TPSA) is 202 Å². The molecule has 39 heavy (non-hydrogen) atoms. The van der Waals surface area contributed by atoms with E-state index >= 15 is 0 Å². The van der Waals surface area contributed by atoms with Crippen molar-refractivity contribution in [1.82, 2.24) is 0 Å². The Morgan fingerprint density at radius 2 is 1.77 bits per heavy atom. The van der Waals surface area contributed by atoms with Gasteiger partial charge in [-0.3, -0.25) is 4.79 Å². The van der Waals surface area contributed by atoms with Gasteiger partial charge in [-0.15, -0.1) is 0 Å². The first-order valence-electron chi connectivity index (χ1n) is 12.6. The number of rotatable bonds is 8. The third kappa shape index (κ3) is 6.04. The lowest BCUT2D eigenvalue weighted by Gasteiger charge is -2.44. The van der Waals surface area contributed by atoms with Gasteiger partial charge in [0.2, 0.25) is 6.29 Å². The van der Waals surface area contributed by atoms with Gasteiger partial charge < -0.3 is 54.3 Å². The van der Waals surface area contributed by atoms with Crippen molar-refractivity contribution < 1.29 is 63.9 Å². The number of phenols is 1. The minimum absolute atomic E-state index is 0.000620. The van der Waals surface area contributed by atoms with Gasteiger partial charge in [0, 0.05) is 18.8 Å². The van der Waals surface area contributed by atoms with Crippen LogP contribution >= 0.6 is 0 Å². The summed E-state index contributed by atoms with van der Waals surface area (Å²) in [6.45, 7) is 0.789. The highest BCUT2D eigenvalue weighted by molar-refractivity contribution is 5.89. The lowest BCUT2D eigenvalue weighted by atomic mass is 9.80. The highest BCUT2D eigenvalue weighted by Crippen LogP contribution is 2.51. The van der Waals surface area contributed by atoms with Crippen LogP contribution in [0.25, 0.3) is 0 Å². The largest absolute Gasteiger partial charge is 0.508 e. The number of aryl methyl sites for hydroxylation is 1. The van der Waals surface area contributed by atoms with Crippen LogP contribution in [0.4, 0.5) is 0 Å². The van der Waals surface area contributed by atoms with Crippen molar-refractivity contribution in [2.24, 2.45) is 11.8 Å². The molecule has 0 bridgehead atoms. The summed E-state index contributed by atoms with van der Waals surface area (Å²) in [5.41, 5.74) is -0.792. The molecule has 216 valence electrons. The first kappa shape index (κ1) is 29.2. The Labute approximate surface area is 224 Å². The smallest absolute Gasteiger partial charge is 0.337 e. The van der Waals surface area contributed by atoms with E-state index in [1.165, 1.54) is 26.2 Å². The zero-order valence-corrected chi connectivity index (χ0v) is 21.5. The van der Waals surface area contributed by atoms with E-state index in [2.05, 4.69) is 0 Å². The molecule has 1 aromatic rings. The average Bonchev–Trinajstić information content (AvgIpc) is 3.18. The molecule has 3 aliphatic rings. The molecule has 6 N–H and O–H groups in total. The Bertz CT molecular complexity index is 1050. The van der Waals surface area contributed by atoms with Crippen molar-refractivity contribution in [3.8, 4) is 5.75 Å². The molecule has 2 heterocycles. The molecule has 10 atom stereocenters. The van der Waals surface area contributed by atoms with Crippen LogP contribution in [0.3, 0.4) is 0 Å². The third-order valence-electron chi connectivity index (χ3n) is 7.48. The number of methoxy groups -OCH3 is 1. The average molecular weight is 555 g/mol. The highest BCUT2D eigenvalue weighted by atomic mass is 16.8. The van der Waals surface area contributed by atoms with Crippen LogP contribution in [0, 0.1) is 11.8 Å². The predicted molar refractivity (Wildman–Crippen MR) is 128 cm³/mol. The van der Waals surface area contributed by atoms with Gasteiger partial charge in [0.15, 0.2) is 6.29 Å². The van der Waals surface area contributed by atoms with Crippen LogP contribution in [-0.2, 0) is 39.7 Å². The lowest BCUT2D eigenvalue weighted by Crippen LogP contribution is -2.60.